The standard InChI is InChI=1S/C21H27N3O2/c1-17(26-20-10-3-2-4-11-20)21(25)24(16-18-8-5-6-14-23-18)19-9-7-13-22-15-12-19/h2-6,8,10-11,14,17,19,22H,7,9,12-13,15-16H2,1H3. The normalized spacial score (nSPS) is 18.6. The number of benzene rings is 1. The van der Waals surface area contributed by atoms with E-state index in [0.29, 0.717) is 12.3 Å². The molecule has 0 saturated carbocycles. The summed E-state index contributed by atoms with van der Waals surface area (Å²) in [6.45, 7) is 4.30. The summed E-state index contributed by atoms with van der Waals surface area (Å²) >= 11 is 0. The van der Waals surface area contributed by atoms with Crippen molar-refractivity contribution in [1.82, 2.24) is 15.2 Å². The van der Waals surface area contributed by atoms with E-state index >= 15 is 0 Å². The Morgan fingerprint density at radius 1 is 1.19 bits per heavy atom. The average Bonchev–Trinajstić information content (AvgIpc) is 2.96. The minimum Gasteiger partial charge on any atom is -0.481 e. The molecule has 5 nitrogen and oxygen atoms in total. The Kier molecular flexibility index (Phi) is 6.61. The number of carbonyl (C=O) groups is 1. The second-order valence-electron chi connectivity index (χ2n) is 6.70. The van der Waals surface area contributed by atoms with Crippen LogP contribution in [-0.2, 0) is 11.3 Å². The fraction of sp³-hybridized carbons (Fsp3) is 0.429. The van der Waals surface area contributed by atoms with Crippen molar-refractivity contribution in [3.63, 3.8) is 0 Å². The van der Waals surface area contributed by atoms with Crippen molar-refractivity contribution in [2.75, 3.05) is 13.1 Å². The van der Waals surface area contributed by atoms with E-state index in [1.165, 1.54) is 0 Å². The molecule has 2 heterocycles. The van der Waals surface area contributed by atoms with Crippen molar-refractivity contribution in [3.8, 4) is 5.75 Å². The third-order valence-corrected chi connectivity index (χ3v) is 4.73. The molecule has 26 heavy (non-hydrogen) atoms. The minimum atomic E-state index is -0.530. The van der Waals surface area contributed by atoms with Crippen molar-refractivity contribution in [3.05, 3.63) is 60.4 Å². The van der Waals surface area contributed by atoms with E-state index in [1.54, 1.807) is 6.20 Å². The van der Waals surface area contributed by atoms with Gasteiger partial charge in [-0.15, -0.1) is 0 Å². The summed E-state index contributed by atoms with van der Waals surface area (Å²) in [5, 5.41) is 3.42. The number of nitrogens with one attached hydrogen (secondary N) is 1. The van der Waals surface area contributed by atoms with Crippen LogP contribution in [0.2, 0.25) is 0 Å². The molecule has 1 amide bonds. The molecule has 3 rings (SSSR count). The number of aromatic nitrogens is 1. The van der Waals surface area contributed by atoms with Gasteiger partial charge < -0.3 is 15.0 Å². The second-order valence-corrected chi connectivity index (χ2v) is 6.70. The number of ether oxygens (including phenoxy) is 1. The molecule has 5 heteroatoms. The van der Waals surface area contributed by atoms with Crippen LogP contribution in [0.1, 0.15) is 31.9 Å². The fourth-order valence-corrected chi connectivity index (χ4v) is 3.35. The zero-order valence-corrected chi connectivity index (χ0v) is 15.3. The number of carbonyl (C=O) groups excluding carboxylic acids is 1. The lowest BCUT2D eigenvalue weighted by Crippen LogP contribution is -2.46. The summed E-state index contributed by atoms with van der Waals surface area (Å²) in [4.78, 5) is 19.6. The highest BCUT2D eigenvalue weighted by Gasteiger charge is 2.29. The second kappa shape index (κ2) is 9.34. The van der Waals surface area contributed by atoms with Crippen molar-refractivity contribution in [1.29, 1.82) is 0 Å². The first-order valence-corrected chi connectivity index (χ1v) is 9.37. The lowest BCUT2D eigenvalue weighted by atomic mass is 10.1. The van der Waals surface area contributed by atoms with E-state index < -0.39 is 6.10 Å². The maximum absolute atomic E-state index is 13.2. The van der Waals surface area contributed by atoms with Crippen LogP contribution in [0.5, 0.6) is 5.75 Å². The molecule has 1 aromatic carbocycles. The van der Waals surface area contributed by atoms with Crippen LogP contribution in [0, 0.1) is 0 Å². The van der Waals surface area contributed by atoms with Crippen LogP contribution in [0.4, 0.5) is 0 Å². The number of hydrogen-bond donors (Lipinski definition) is 1. The van der Waals surface area contributed by atoms with E-state index in [9.17, 15) is 4.79 Å². The molecule has 1 aromatic heterocycles. The van der Waals surface area contributed by atoms with Gasteiger partial charge in [-0.2, -0.15) is 0 Å². The highest BCUT2D eigenvalue weighted by atomic mass is 16.5. The van der Waals surface area contributed by atoms with Gasteiger partial charge in [0.25, 0.3) is 5.91 Å². The van der Waals surface area contributed by atoms with Crippen LogP contribution >= 0.6 is 0 Å². The van der Waals surface area contributed by atoms with E-state index in [1.807, 2.05) is 60.4 Å². The molecule has 2 atom stereocenters. The summed E-state index contributed by atoms with van der Waals surface area (Å²) in [5.41, 5.74) is 0.907. The Labute approximate surface area is 155 Å². The minimum absolute atomic E-state index is 0.0198. The zero-order chi connectivity index (χ0) is 18.2. The zero-order valence-electron chi connectivity index (χ0n) is 15.3. The van der Waals surface area contributed by atoms with Gasteiger partial charge in [-0.05, 0) is 63.5 Å². The molecule has 1 aliphatic rings. The number of rotatable bonds is 6. The molecule has 1 fully saturated rings. The van der Waals surface area contributed by atoms with Crippen molar-refractivity contribution >= 4 is 5.91 Å². The van der Waals surface area contributed by atoms with Gasteiger partial charge in [-0.1, -0.05) is 24.3 Å². The van der Waals surface area contributed by atoms with Gasteiger partial charge in [0.05, 0.1) is 12.2 Å². The summed E-state index contributed by atoms with van der Waals surface area (Å²) < 4.78 is 5.89. The first kappa shape index (κ1) is 18.4. The quantitative estimate of drug-likeness (QED) is 0.867. The molecule has 0 aliphatic carbocycles. The third kappa shape index (κ3) is 5.05. The third-order valence-electron chi connectivity index (χ3n) is 4.73. The van der Waals surface area contributed by atoms with Gasteiger partial charge >= 0.3 is 0 Å². The molecule has 1 N–H and O–H groups in total. The Morgan fingerprint density at radius 3 is 2.77 bits per heavy atom. The number of hydrogen-bond acceptors (Lipinski definition) is 4. The molecular formula is C21H27N3O2. The Morgan fingerprint density at radius 2 is 2.00 bits per heavy atom. The summed E-state index contributed by atoms with van der Waals surface area (Å²) in [6.07, 6.45) is 4.28. The summed E-state index contributed by atoms with van der Waals surface area (Å²) in [6, 6.07) is 15.6. The summed E-state index contributed by atoms with van der Waals surface area (Å²) in [7, 11) is 0. The SMILES string of the molecule is CC(Oc1ccccc1)C(=O)N(Cc1ccccn1)C1CCCNCC1. The Balaban J connectivity index is 1.75. The van der Waals surface area contributed by atoms with Crippen molar-refractivity contribution in [2.24, 2.45) is 0 Å². The Hall–Kier alpha value is -2.40. The molecule has 138 valence electrons. The van der Waals surface area contributed by atoms with Gasteiger partial charge in [0, 0.05) is 12.2 Å². The first-order chi connectivity index (χ1) is 12.7. The predicted octanol–water partition coefficient (Wildman–Crippen LogP) is 3.02. The predicted molar refractivity (Wildman–Crippen MR) is 102 cm³/mol. The largest absolute Gasteiger partial charge is 0.481 e. The molecule has 2 aromatic rings. The molecule has 0 bridgehead atoms. The highest BCUT2D eigenvalue weighted by Crippen LogP contribution is 2.19. The first-order valence-electron chi connectivity index (χ1n) is 9.37. The van der Waals surface area contributed by atoms with Gasteiger partial charge in [0.1, 0.15) is 5.75 Å². The van der Waals surface area contributed by atoms with E-state index in [4.69, 9.17) is 4.74 Å². The Bertz CT molecular complexity index is 670. The van der Waals surface area contributed by atoms with E-state index in [-0.39, 0.29) is 11.9 Å². The highest BCUT2D eigenvalue weighted by molar-refractivity contribution is 5.81. The number of nitrogens with zero attached hydrogens (tertiary/aromatic N) is 2. The topological polar surface area (TPSA) is 54.5 Å². The van der Waals surface area contributed by atoms with E-state index in [2.05, 4.69) is 10.3 Å². The molecule has 0 spiro atoms. The van der Waals surface area contributed by atoms with Gasteiger partial charge in [-0.25, -0.2) is 0 Å². The monoisotopic (exact) mass is 353 g/mol. The van der Waals surface area contributed by atoms with Gasteiger partial charge in [-0.3, -0.25) is 9.78 Å². The molecule has 1 aliphatic heterocycles. The molecule has 2 unspecified atom stereocenters. The van der Waals surface area contributed by atoms with Crippen LogP contribution in [0.3, 0.4) is 0 Å². The van der Waals surface area contributed by atoms with Crippen LogP contribution in [0.25, 0.3) is 0 Å². The fourth-order valence-electron chi connectivity index (χ4n) is 3.35. The van der Waals surface area contributed by atoms with Gasteiger partial charge in [0.15, 0.2) is 6.10 Å². The lowest BCUT2D eigenvalue weighted by molar-refractivity contribution is -0.141. The summed E-state index contributed by atoms with van der Waals surface area (Å²) in [5.74, 6) is 0.736. The molecular weight excluding hydrogens is 326 g/mol. The van der Waals surface area contributed by atoms with Crippen molar-refractivity contribution < 1.29 is 9.53 Å². The number of para-hydroxylation sites is 1. The van der Waals surface area contributed by atoms with Gasteiger partial charge in [0.2, 0.25) is 0 Å². The molecule has 0 radical (unpaired) electrons. The van der Waals surface area contributed by atoms with Crippen LogP contribution < -0.4 is 10.1 Å². The molecule has 1 saturated heterocycles. The van der Waals surface area contributed by atoms with E-state index in [0.717, 1.165) is 38.0 Å². The maximum Gasteiger partial charge on any atom is 0.263 e. The van der Waals surface area contributed by atoms with Crippen molar-refractivity contribution in [2.45, 2.75) is 44.9 Å². The smallest absolute Gasteiger partial charge is 0.263 e. The lowest BCUT2D eigenvalue weighted by Gasteiger charge is -2.33. The number of amides is 1. The number of pyridine rings is 1. The van der Waals surface area contributed by atoms with Crippen LogP contribution in [0.15, 0.2) is 54.7 Å². The maximum atomic E-state index is 13.2. The average molecular weight is 353 g/mol. The van der Waals surface area contributed by atoms with Crippen LogP contribution in [-0.4, -0.2) is 41.0 Å².